The first-order valence-corrected chi connectivity index (χ1v) is 6.48. The van der Waals surface area contributed by atoms with Crippen LogP contribution in [0, 0.1) is 10.1 Å². The summed E-state index contributed by atoms with van der Waals surface area (Å²) < 4.78 is 5.68. The van der Waals surface area contributed by atoms with Crippen molar-refractivity contribution in [3.63, 3.8) is 0 Å². The molecule has 1 aromatic rings. The summed E-state index contributed by atoms with van der Waals surface area (Å²) in [5.41, 5.74) is 10.8. The Morgan fingerprint density at radius 1 is 1.40 bits per heavy atom. The van der Waals surface area contributed by atoms with Gasteiger partial charge in [-0.15, -0.1) is 0 Å². The van der Waals surface area contributed by atoms with Crippen LogP contribution in [0.4, 0.5) is 5.69 Å². The third-order valence-electron chi connectivity index (χ3n) is 3.40. The molecule has 7 heteroatoms. The Labute approximate surface area is 116 Å². The maximum Gasteiger partial charge on any atom is 0.311 e. The van der Waals surface area contributed by atoms with E-state index in [1.807, 2.05) is 0 Å². The minimum Gasteiger partial charge on any atom is -0.483 e. The second kappa shape index (κ2) is 5.87. The first-order chi connectivity index (χ1) is 9.47. The lowest BCUT2D eigenvalue weighted by atomic mass is 9.93. The van der Waals surface area contributed by atoms with Crippen molar-refractivity contribution in [3.8, 4) is 5.75 Å². The number of carbonyl (C=O) groups excluding carboxylic acids is 1. The third-order valence-corrected chi connectivity index (χ3v) is 3.40. The monoisotopic (exact) mass is 279 g/mol. The number of nitro benzene ring substituents is 1. The summed E-state index contributed by atoms with van der Waals surface area (Å²) in [6.45, 7) is 0. The molecule has 0 bridgehead atoms. The van der Waals surface area contributed by atoms with Gasteiger partial charge in [-0.05, 0) is 37.8 Å². The molecule has 4 N–H and O–H groups in total. The van der Waals surface area contributed by atoms with E-state index < -0.39 is 10.8 Å². The molecule has 2 atom stereocenters. The van der Waals surface area contributed by atoms with Crippen molar-refractivity contribution < 1.29 is 14.5 Å². The zero-order chi connectivity index (χ0) is 14.7. The molecule has 1 aromatic carbocycles. The molecule has 1 amide bonds. The largest absolute Gasteiger partial charge is 0.483 e. The number of nitrogens with two attached hydrogens (primary N) is 2. The van der Waals surface area contributed by atoms with Crippen molar-refractivity contribution in [1.82, 2.24) is 0 Å². The quantitative estimate of drug-likeness (QED) is 0.636. The summed E-state index contributed by atoms with van der Waals surface area (Å²) >= 11 is 0. The molecule has 2 unspecified atom stereocenters. The van der Waals surface area contributed by atoms with Crippen molar-refractivity contribution in [2.75, 3.05) is 0 Å². The van der Waals surface area contributed by atoms with E-state index in [4.69, 9.17) is 16.2 Å². The van der Waals surface area contributed by atoms with Gasteiger partial charge in [-0.2, -0.15) is 0 Å². The van der Waals surface area contributed by atoms with Gasteiger partial charge < -0.3 is 16.2 Å². The number of carbonyl (C=O) groups is 1. The highest BCUT2D eigenvalue weighted by molar-refractivity contribution is 5.93. The molecular weight excluding hydrogens is 262 g/mol. The maximum absolute atomic E-state index is 11.1. The number of ether oxygens (including phenoxy) is 1. The average Bonchev–Trinajstić information content (AvgIpc) is 2.38. The SMILES string of the molecule is NC(=O)c1ccc(OC2CCCC(N)C2)c([N+](=O)[O-])c1. The van der Waals surface area contributed by atoms with Crippen molar-refractivity contribution in [2.45, 2.75) is 37.8 Å². The lowest BCUT2D eigenvalue weighted by Crippen LogP contribution is -2.33. The number of nitro groups is 1. The van der Waals surface area contributed by atoms with Crippen LogP contribution in [0.2, 0.25) is 0 Å². The number of hydrogen-bond acceptors (Lipinski definition) is 5. The fourth-order valence-electron chi connectivity index (χ4n) is 2.38. The van der Waals surface area contributed by atoms with Gasteiger partial charge in [-0.1, -0.05) is 0 Å². The zero-order valence-electron chi connectivity index (χ0n) is 11.0. The van der Waals surface area contributed by atoms with E-state index in [9.17, 15) is 14.9 Å². The van der Waals surface area contributed by atoms with Gasteiger partial charge in [-0.25, -0.2) is 0 Å². The van der Waals surface area contributed by atoms with Gasteiger partial charge in [0.2, 0.25) is 5.91 Å². The standard InChI is InChI=1S/C13H17N3O4/c14-9-2-1-3-10(7-9)20-12-5-4-8(13(15)17)6-11(12)16(18)19/h4-6,9-10H,1-3,7,14H2,(H2,15,17). The molecule has 0 radical (unpaired) electrons. The van der Waals surface area contributed by atoms with E-state index in [2.05, 4.69) is 0 Å². The zero-order valence-corrected chi connectivity index (χ0v) is 11.0. The molecule has 1 aliphatic carbocycles. The minimum atomic E-state index is -0.709. The Hall–Kier alpha value is -2.15. The van der Waals surface area contributed by atoms with Crippen LogP contribution in [0.3, 0.4) is 0 Å². The summed E-state index contributed by atoms with van der Waals surface area (Å²) in [7, 11) is 0. The van der Waals surface area contributed by atoms with Crippen LogP contribution < -0.4 is 16.2 Å². The van der Waals surface area contributed by atoms with Gasteiger partial charge in [0.25, 0.3) is 0 Å². The van der Waals surface area contributed by atoms with Crippen LogP contribution in [0.15, 0.2) is 18.2 Å². The van der Waals surface area contributed by atoms with Gasteiger partial charge in [0, 0.05) is 17.7 Å². The molecule has 0 heterocycles. The van der Waals surface area contributed by atoms with Crippen LogP contribution in [0.5, 0.6) is 5.75 Å². The first kappa shape index (κ1) is 14.3. The Bertz CT molecular complexity index is 532. The van der Waals surface area contributed by atoms with E-state index in [1.165, 1.54) is 12.1 Å². The molecular formula is C13H17N3O4. The Balaban J connectivity index is 2.22. The van der Waals surface area contributed by atoms with Crippen molar-refractivity contribution in [3.05, 3.63) is 33.9 Å². The van der Waals surface area contributed by atoms with E-state index in [-0.39, 0.29) is 29.1 Å². The molecule has 1 fully saturated rings. The fourth-order valence-corrected chi connectivity index (χ4v) is 2.38. The highest BCUT2D eigenvalue weighted by atomic mass is 16.6. The third kappa shape index (κ3) is 3.24. The van der Waals surface area contributed by atoms with Gasteiger partial charge >= 0.3 is 5.69 Å². The summed E-state index contributed by atoms with van der Waals surface area (Å²) in [4.78, 5) is 21.5. The van der Waals surface area contributed by atoms with Crippen LogP contribution in [-0.4, -0.2) is 23.0 Å². The van der Waals surface area contributed by atoms with E-state index in [0.29, 0.717) is 6.42 Å². The van der Waals surface area contributed by atoms with Crippen LogP contribution in [0.1, 0.15) is 36.0 Å². The highest BCUT2D eigenvalue weighted by Crippen LogP contribution is 2.31. The van der Waals surface area contributed by atoms with Crippen LogP contribution >= 0.6 is 0 Å². The number of amides is 1. The van der Waals surface area contributed by atoms with Gasteiger partial charge in [-0.3, -0.25) is 14.9 Å². The predicted octanol–water partition coefficient (Wildman–Crippen LogP) is 1.34. The second-order valence-electron chi connectivity index (χ2n) is 4.97. The minimum absolute atomic E-state index is 0.0673. The summed E-state index contributed by atoms with van der Waals surface area (Å²) in [5.74, 6) is -0.557. The van der Waals surface area contributed by atoms with Crippen molar-refractivity contribution in [1.29, 1.82) is 0 Å². The number of hydrogen-bond donors (Lipinski definition) is 2. The number of primary amides is 1. The molecule has 1 aliphatic rings. The number of rotatable bonds is 4. The lowest BCUT2D eigenvalue weighted by Gasteiger charge is -2.27. The summed E-state index contributed by atoms with van der Waals surface area (Å²) in [5, 5.41) is 11.1. The molecule has 0 saturated heterocycles. The Morgan fingerprint density at radius 2 is 2.15 bits per heavy atom. The molecule has 1 saturated carbocycles. The van der Waals surface area contributed by atoms with E-state index >= 15 is 0 Å². The van der Waals surface area contributed by atoms with Gasteiger partial charge in [0.15, 0.2) is 5.75 Å². The van der Waals surface area contributed by atoms with Gasteiger partial charge in [0.05, 0.1) is 4.92 Å². The topological polar surface area (TPSA) is 121 Å². The molecule has 108 valence electrons. The smallest absolute Gasteiger partial charge is 0.311 e. The maximum atomic E-state index is 11.1. The molecule has 7 nitrogen and oxygen atoms in total. The number of benzene rings is 1. The molecule has 0 spiro atoms. The van der Waals surface area contributed by atoms with Crippen LogP contribution in [-0.2, 0) is 0 Å². The Kier molecular flexibility index (Phi) is 4.19. The molecule has 0 aliphatic heterocycles. The predicted molar refractivity (Wildman–Crippen MR) is 72.5 cm³/mol. The average molecular weight is 279 g/mol. The molecule has 0 aromatic heterocycles. The summed E-state index contributed by atoms with van der Waals surface area (Å²) in [6.07, 6.45) is 3.26. The van der Waals surface area contributed by atoms with E-state index in [0.717, 1.165) is 25.3 Å². The second-order valence-corrected chi connectivity index (χ2v) is 4.97. The van der Waals surface area contributed by atoms with Crippen molar-refractivity contribution >= 4 is 11.6 Å². The molecule has 20 heavy (non-hydrogen) atoms. The number of nitrogens with zero attached hydrogens (tertiary/aromatic N) is 1. The lowest BCUT2D eigenvalue weighted by molar-refractivity contribution is -0.386. The highest BCUT2D eigenvalue weighted by Gasteiger charge is 2.24. The van der Waals surface area contributed by atoms with Crippen molar-refractivity contribution in [2.24, 2.45) is 11.5 Å². The Morgan fingerprint density at radius 3 is 2.75 bits per heavy atom. The van der Waals surface area contributed by atoms with Crippen LogP contribution in [0.25, 0.3) is 0 Å². The normalized spacial score (nSPS) is 22.2. The van der Waals surface area contributed by atoms with E-state index in [1.54, 1.807) is 0 Å². The van der Waals surface area contributed by atoms with Gasteiger partial charge in [0.1, 0.15) is 6.10 Å². The summed E-state index contributed by atoms with van der Waals surface area (Å²) in [6, 6.07) is 4.05. The molecule has 2 rings (SSSR count). The fraction of sp³-hybridized carbons (Fsp3) is 0.462. The first-order valence-electron chi connectivity index (χ1n) is 6.48.